The summed E-state index contributed by atoms with van der Waals surface area (Å²) in [4.78, 5) is 17.1. The van der Waals surface area contributed by atoms with Gasteiger partial charge in [-0.25, -0.2) is 4.98 Å². The molecule has 1 amide bonds. The van der Waals surface area contributed by atoms with Crippen molar-refractivity contribution in [1.29, 1.82) is 0 Å². The summed E-state index contributed by atoms with van der Waals surface area (Å²) in [6, 6.07) is 1.96. The molecule has 0 saturated carbocycles. The average Bonchev–Trinajstić information content (AvgIpc) is 2.29. The van der Waals surface area contributed by atoms with E-state index >= 15 is 0 Å². The summed E-state index contributed by atoms with van der Waals surface area (Å²) in [5.74, 6) is -0.0859. The molecule has 0 bridgehead atoms. The second-order valence-corrected chi connectivity index (χ2v) is 4.47. The van der Waals surface area contributed by atoms with Gasteiger partial charge in [0.15, 0.2) is 0 Å². The Morgan fingerprint density at radius 2 is 2.44 bits per heavy atom. The van der Waals surface area contributed by atoms with Gasteiger partial charge in [-0.05, 0) is 26.1 Å². The van der Waals surface area contributed by atoms with Gasteiger partial charge in [-0.15, -0.1) is 12.4 Å². The molecule has 5 nitrogen and oxygen atoms in total. The minimum Gasteiger partial charge on any atom is -0.490 e. The van der Waals surface area contributed by atoms with Crippen molar-refractivity contribution in [3.63, 3.8) is 0 Å². The molecule has 2 heterocycles. The molecular weight excluding hydrogens is 277 g/mol. The van der Waals surface area contributed by atoms with Crippen LogP contribution in [0.2, 0.25) is 5.15 Å². The number of hydrogen-bond donors (Lipinski definition) is 1. The zero-order valence-electron chi connectivity index (χ0n) is 9.93. The number of amides is 1. The maximum Gasteiger partial charge on any atom is 0.251 e. The molecule has 1 fully saturated rings. The number of halogens is 2. The van der Waals surface area contributed by atoms with Crippen LogP contribution in [-0.4, -0.2) is 42.0 Å². The molecule has 7 heteroatoms. The first-order chi connectivity index (χ1) is 8.08. The predicted molar refractivity (Wildman–Crippen MR) is 71.5 cm³/mol. The van der Waals surface area contributed by atoms with Gasteiger partial charge in [0, 0.05) is 6.04 Å². The van der Waals surface area contributed by atoms with Crippen molar-refractivity contribution in [2.24, 2.45) is 5.73 Å². The Hall–Kier alpha value is -1.04. The number of aromatic nitrogens is 1. The van der Waals surface area contributed by atoms with Gasteiger partial charge in [0.2, 0.25) is 0 Å². The lowest BCUT2D eigenvalue weighted by atomic mass is 10.1. The normalized spacial score (nSPS) is 18.7. The molecule has 1 aromatic rings. The highest BCUT2D eigenvalue weighted by molar-refractivity contribution is 6.32. The fraction of sp³-hybridized carbons (Fsp3) is 0.455. The molecule has 2 N–H and O–H groups in total. The molecule has 0 radical (unpaired) electrons. The molecule has 1 atom stereocenters. The van der Waals surface area contributed by atoms with E-state index in [-0.39, 0.29) is 23.1 Å². The molecule has 0 aromatic carbocycles. The predicted octanol–water partition coefficient (Wildman–Crippen LogP) is 1.34. The number of carbonyl (C=O) groups is 1. The zero-order chi connectivity index (χ0) is 12.4. The molecule has 100 valence electrons. The Morgan fingerprint density at radius 1 is 1.72 bits per heavy atom. The van der Waals surface area contributed by atoms with Gasteiger partial charge in [0.25, 0.3) is 5.91 Å². The highest BCUT2D eigenvalue weighted by Gasteiger charge is 2.24. The molecular formula is C11H15Cl2N3O2. The Morgan fingerprint density at radius 3 is 2.94 bits per heavy atom. The van der Waals surface area contributed by atoms with E-state index in [0.717, 1.165) is 13.0 Å². The standard InChI is InChI=1S/C11H14ClN3O2.ClH/c1-15-3-2-7(15)6-17-8-4-9(11(13)16)10(12)14-5-8;/h4-5,7H,2-3,6H2,1H3,(H2,13,16);1H/t7-;/m0./s1. The highest BCUT2D eigenvalue weighted by Crippen LogP contribution is 2.20. The number of likely N-dealkylation sites (N-methyl/N-ethyl adjacent to an activating group) is 1. The first kappa shape index (κ1) is 15.0. The van der Waals surface area contributed by atoms with Crippen LogP contribution in [0.4, 0.5) is 0 Å². The van der Waals surface area contributed by atoms with Gasteiger partial charge in [0.05, 0.1) is 11.8 Å². The van der Waals surface area contributed by atoms with Crippen LogP contribution >= 0.6 is 24.0 Å². The molecule has 1 aliphatic rings. The Labute approximate surface area is 117 Å². The van der Waals surface area contributed by atoms with Crippen LogP contribution < -0.4 is 10.5 Å². The molecule has 1 aromatic heterocycles. The number of ether oxygens (including phenoxy) is 1. The van der Waals surface area contributed by atoms with Crippen molar-refractivity contribution in [3.05, 3.63) is 23.0 Å². The number of nitrogens with zero attached hydrogens (tertiary/aromatic N) is 2. The molecule has 2 rings (SSSR count). The summed E-state index contributed by atoms with van der Waals surface area (Å²) in [6.45, 7) is 1.68. The number of hydrogen-bond acceptors (Lipinski definition) is 4. The summed E-state index contributed by atoms with van der Waals surface area (Å²) in [6.07, 6.45) is 2.62. The largest absolute Gasteiger partial charge is 0.490 e. The summed E-state index contributed by atoms with van der Waals surface area (Å²) in [5, 5.41) is 0.102. The van der Waals surface area contributed by atoms with Gasteiger partial charge in [-0.2, -0.15) is 0 Å². The summed E-state index contributed by atoms with van der Waals surface area (Å²) < 4.78 is 5.56. The van der Waals surface area contributed by atoms with E-state index in [1.807, 2.05) is 7.05 Å². The van der Waals surface area contributed by atoms with E-state index < -0.39 is 5.91 Å². The van der Waals surface area contributed by atoms with Crippen LogP contribution in [0.1, 0.15) is 16.8 Å². The number of rotatable bonds is 4. The minimum absolute atomic E-state index is 0. The van der Waals surface area contributed by atoms with Gasteiger partial charge >= 0.3 is 0 Å². The van der Waals surface area contributed by atoms with Crippen LogP contribution in [0.3, 0.4) is 0 Å². The first-order valence-electron chi connectivity index (χ1n) is 5.36. The van der Waals surface area contributed by atoms with E-state index in [1.54, 1.807) is 0 Å². The van der Waals surface area contributed by atoms with E-state index in [1.165, 1.54) is 12.3 Å². The second-order valence-electron chi connectivity index (χ2n) is 4.11. The number of likely N-dealkylation sites (tertiary alicyclic amines) is 1. The highest BCUT2D eigenvalue weighted by atomic mass is 35.5. The number of pyridine rings is 1. The maximum atomic E-state index is 11.1. The fourth-order valence-electron chi connectivity index (χ4n) is 1.65. The lowest BCUT2D eigenvalue weighted by molar-refractivity contribution is 0.0766. The smallest absolute Gasteiger partial charge is 0.251 e. The third-order valence-corrected chi connectivity index (χ3v) is 3.26. The Balaban J connectivity index is 0.00000162. The van der Waals surface area contributed by atoms with Crippen molar-refractivity contribution in [1.82, 2.24) is 9.88 Å². The van der Waals surface area contributed by atoms with Crippen LogP contribution in [0.5, 0.6) is 5.75 Å². The molecule has 18 heavy (non-hydrogen) atoms. The van der Waals surface area contributed by atoms with Crippen molar-refractivity contribution in [2.45, 2.75) is 12.5 Å². The van der Waals surface area contributed by atoms with Crippen LogP contribution in [0.15, 0.2) is 12.3 Å². The van der Waals surface area contributed by atoms with E-state index in [2.05, 4.69) is 9.88 Å². The monoisotopic (exact) mass is 291 g/mol. The van der Waals surface area contributed by atoms with Crippen molar-refractivity contribution in [2.75, 3.05) is 20.2 Å². The summed E-state index contributed by atoms with van der Waals surface area (Å²) >= 11 is 5.74. The van der Waals surface area contributed by atoms with Crippen molar-refractivity contribution < 1.29 is 9.53 Å². The summed E-state index contributed by atoms with van der Waals surface area (Å²) in [7, 11) is 2.05. The van der Waals surface area contributed by atoms with Gasteiger partial charge in [-0.3, -0.25) is 9.69 Å². The third-order valence-electron chi connectivity index (χ3n) is 2.96. The third kappa shape index (κ3) is 3.25. The zero-order valence-corrected chi connectivity index (χ0v) is 11.5. The number of nitrogens with two attached hydrogens (primary N) is 1. The van der Waals surface area contributed by atoms with E-state index in [0.29, 0.717) is 18.4 Å². The maximum absolute atomic E-state index is 11.1. The van der Waals surface area contributed by atoms with Gasteiger partial charge in [0.1, 0.15) is 17.5 Å². The summed E-state index contributed by atoms with van der Waals surface area (Å²) in [5.41, 5.74) is 5.36. The minimum atomic E-state index is -0.603. The van der Waals surface area contributed by atoms with Crippen LogP contribution in [-0.2, 0) is 0 Å². The number of primary amides is 1. The van der Waals surface area contributed by atoms with E-state index in [4.69, 9.17) is 22.1 Å². The molecule has 0 unspecified atom stereocenters. The van der Waals surface area contributed by atoms with Crippen LogP contribution in [0, 0.1) is 0 Å². The topological polar surface area (TPSA) is 68.4 Å². The Bertz CT molecular complexity index is 442. The molecule has 1 aliphatic heterocycles. The second kappa shape index (κ2) is 6.22. The van der Waals surface area contributed by atoms with Crippen molar-refractivity contribution >= 4 is 29.9 Å². The number of carbonyl (C=O) groups excluding carboxylic acids is 1. The molecule has 0 spiro atoms. The molecule has 0 aliphatic carbocycles. The van der Waals surface area contributed by atoms with Crippen LogP contribution in [0.25, 0.3) is 0 Å². The average molecular weight is 292 g/mol. The van der Waals surface area contributed by atoms with Crippen molar-refractivity contribution in [3.8, 4) is 5.75 Å². The van der Waals surface area contributed by atoms with E-state index in [9.17, 15) is 4.79 Å². The fourth-order valence-corrected chi connectivity index (χ4v) is 1.85. The lowest BCUT2D eigenvalue weighted by Crippen LogP contribution is -2.48. The quantitative estimate of drug-likeness (QED) is 0.850. The lowest BCUT2D eigenvalue weighted by Gasteiger charge is -2.37. The SMILES string of the molecule is CN1CC[C@H]1COc1cnc(Cl)c(C(N)=O)c1.Cl. The first-order valence-corrected chi connectivity index (χ1v) is 5.74. The molecule has 1 saturated heterocycles. The Kier molecular flexibility index (Phi) is 5.19. The van der Waals surface area contributed by atoms with Gasteiger partial charge in [-0.1, -0.05) is 11.6 Å². The van der Waals surface area contributed by atoms with Gasteiger partial charge < -0.3 is 10.5 Å².